The molecule has 1 aromatic rings. The second kappa shape index (κ2) is 10.5. The highest BCUT2D eigenvalue weighted by Gasteiger charge is 2.24. The minimum Gasteiger partial charge on any atom is -0.341 e. The summed E-state index contributed by atoms with van der Waals surface area (Å²) in [5.41, 5.74) is 2.51. The molecule has 0 saturated carbocycles. The Morgan fingerprint density at radius 1 is 1.07 bits per heavy atom. The van der Waals surface area contributed by atoms with Gasteiger partial charge in [0.05, 0.1) is 6.54 Å². The molecule has 0 atom stereocenters. The molecule has 3 rings (SSSR count). The first-order valence-corrected chi connectivity index (χ1v) is 9.69. The number of benzene rings is 1. The number of halogens is 1. The van der Waals surface area contributed by atoms with Gasteiger partial charge in [0.1, 0.15) is 0 Å². The molecule has 0 radical (unpaired) electrons. The Kier molecular flexibility index (Phi) is 8.38. The van der Waals surface area contributed by atoms with E-state index in [0.717, 1.165) is 38.9 Å². The van der Waals surface area contributed by atoms with Crippen LogP contribution in [0.4, 0.5) is 4.79 Å². The number of hydrogen-bond donors (Lipinski definition) is 2. The summed E-state index contributed by atoms with van der Waals surface area (Å²) in [6.45, 7) is 4.06. The molecule has 2 aliphatic rings. The van der Waals surface area contributed by atoms with Crippen molar-refractivity contribution in [2.75, 3.05) is 39.8 Å². The van der Waals surface area contributed by atoms with Gasteiger partial charge in [-0.15, -0.1) is 12.4 Å². The van der Waals surface area contributed by atoms with E-state index in [0.29, 0.717) is 19.0 Å². The topological polar surface area (TPSA) is 64.7 Å². The second-order valence-electron chi connectivity index (χ2n) is 7.32. The maximum atomic E-state index is 12.4. The standard InChI is InChI=1S/C20H30N4O2.ClH/c1-21-10-6-16-7-11-23(12-8-16)19(25)14-22-20(26)24-13-9-17-4-2-3-5-18(17)15-24;/h2-5,16,21H,6-15H2,1H3,(H,22,26);1H. The summed E-state index contributed by atoms with van der Waals surface area (Å²) in [6, 6.07) is 8.09. The summed E-state index contributed by atoms with van der Waals surface area (Å²) < 4.78 is 0. The molecular formula is C20H31ClN4O2. The number of fused-ring (bicyclic) bond motifs is 1. The molecule has 2 heterocycles. The van der Waals surface area contributed by atoms with Crippen molar-refractivity contribution >= 4 is 24.3 Å². The maximum absolute atomic E-state index is 12.4. The van der Waals surface area contributed by atoms with Gasteiger partial charge in [0.25, 0.3) is 0 Å². The average molecular weight is 395 g/mol. The summed E-state index contributed by atoms with van der Waals surface area (Å²) in [5, 5.41) is 6.00. The number of carbonyl (C=O) groups is 2. The van der Waals surface area contributed by atoms with Gasteiger partial charge in [-0.1, -0.05) is 24.3 Å². The highest BCUT2D eigenvalue weighted by Crippen LogP contribution is 2.20. The molecule has 0 aliphatic carbocycles. The normalized spacial score (nSPS) is 17.1. The van der Waals surface area contributed by atoms with E-state index in [-0.39, 0.29) is 30.9 Å². The Bertz CT molecular complexity index is 632. The molecule has 2 aliphatic heterocycles. The predicted octanol–water partition coefficient (Wildman–Crippen LogP) is 2.02. The van der Waals surface area contributed by atoms with E-state index in [1.54, 1.807) is 4.90 Å². The van der Waals surface area contributed by atoms with Gasteiger partial charge in [0.2, 0.25) is 5.91 Å². The van der Waals surface area contributed by atoms with Crippen LogP contribution in [0.3, 0.4) is 0 Å². The fraction of sp³-hybridized carbons (Fsp3) is 0.600. The van der Waals surface area contributed by atoms with Crippen molar-refractivity contribution in [3.63, 3.8) is 0 Å². The number of amides is 3. The Hall–Kier alpha value is -1.79. The number of likely N-dealkylation sites (tertiary alicyclic amines) is 1. The van der Waals surface area contributed by atoms with E-state index in [2.05, 4.69) is 22.8 Å². The molecule has 0 spiro atoms. The van der Waals surface area contributed by atoms with Crippen molar-refractivity contribution in [3.8, 4) is 0 Å². The van der Waals surface area contributed by atoms with Gasteiger partial charge >= 0.3 is 6.03 Å². The first-order chi connectivity index (χ1) is 12.7. The second-order valence-corrected chi connectivity index (χ2v) is 7.32. The van der Waals surface area contributed by atoms with Crippen LogP contribution in [0, 0.1) is 5.92 Å². The number of piperidine rings is 1. The smallest absolute Gasteiger partial charge is 0.318 e. The largest absolute Gasteiger partial charge is 0.341 e. The Labute approximate surface area is 168 Å². The summed E-state index contributed by atoms with van der Waals surface area (Å²) in [6.07, 6.45) is 4.16. The minimum atomic E-state index is -0.142. The number of hydrogen-bond acceptors (Lipinski definition) is 3. The van der Waals surface area contributed by atoms with Gasteiger partial charge in [-0.25, -0.2) is 4.79 Å². The highest BCUT2D eigenvalue weighted by atomic mass is 35.5. The fourth-order valence-electron chi connectivity index (χ4n) is 3.86. The van der Waals surface area contributed by atoms with Crippen molar-refractivity contribution in [2.45, 2.75) is 32.2 Å². The first kappa shape index (κ1) is 21.5. The van der Waals surface area contributed by atoms with Gasteiger partial charge in [-0.3, -0.25) is 4.79 Å². The molecule has 2 N–H and O–H groups in total. The molecule has 0 unspecified atom stereocenters. The molecule has 1 saturated heterocycles. The van der Waals surface area contributed by atoms with Crippen molar-refractivity contribution in [1.82, 2.24) is 20.4 Å². The summed E-state index contributed by atoms with van der Waals surface area (Å²) in [7, 11) is 1.97. The Morgan fingerprint density at radius 2 is 1.78 bits per heavy atom. The minimum absolute atomic E-state index is 0. The van der Waals surface area contributed by atoms with Gasteiger partial charge < -0.3 is 20.4 Å². The Balaban J connectivity index is 0.00000261. The zero-order valence-corrected chi connectivity index (χ0v) is 16.9. The zero-order chi connectivity index (χ0) is 18.4. The van der Waals surface area contributed by atoms with Crippen molar-refractivity contribution in [1.29, 1.82) is 0 Å². The van der Waals surface area contributed by atoms with Crippen LogP contribution in [0.1, 0.15) is 30.4 Å². The van der Waals surface area contributed by atoms with E-state index in [4.69, 9.17) is 0 Å². The molecule has 150 valence electrons. The SMILES string of the molecule is CNCCC1CCN(C(=O)CNC(=O)N2CCc3ccccc3C2)CC1.Cl. The highest BCUT2D eigenvalue weighted by molar-refractivity contribution is 5.85. The molecule has 1 fully saturated rings. The fourth-order valence-corrected chi connectivity index (χ4v) is 3.86. The van der Waals surface area contributed by atoms with E-state index in [1.165, 1.54) is 17.5 Å². The van der Waals surface area contributed by atoms with E-state index < -0.39 is 0 Å². The molecule has 0 bridgehead atoms. The lowest BCUT2D eigenvalue weighted by Crippen LogP contribution is -2.48. The van der Waals surface area contributed by atoms with Crippen molar-refractivity contribution in [2.24, 2.45) is 5.92 Å². The number of nitrogens with zero attached hydrogens (tertiary/aromatic N) is 2. The molecule has 7 heteroatoms. The van der Waals surface area contributed by atoms with Gasteiger partial charge in [-0.2, -0.15) is 0 Å². The van der Waals surface area contributed by atoms with Crippen LogP contribution < -0.4 is 10.6 Å². The third-order valence-corrected chi connectivity index (χ3v) is 5.58. The lowest BCUT2D eigenvalue weighted by Gasteiger charge is -2.33. The van der Waals surface area contributed by atoms with Gasteiger partial charge in [-0.05, 0) is 56.3 Å². The van der Waals surface area contributed by atoms with Crippen molar-refractivity contribution in [3.05, 3.63) is 35.4 Å². The first-order valence-electron chi connectivity index (χ1n) is 9.69. The molecule has 0 aromatic heterocycles. The monoisotopic (exact) mass is 394 g/mol. The third kappa shape index (κ3) is 5.84. The quantitative estimate of drug-likeness (QED) is 0.803. The number of urea groups is 1. The predicted molar refractivity (Wildman–Crippen MR) is 109 cm³/mol. The summed E-state index contributed by atoms with van der Waals surface area (Å²) in [4.78, 5) is 28.5. The molecular weight excluding hydrogens is 364 g/mol. The molecule has 27 heavy (non-hydrogen) atoms. The average Bonchev–Trinajstić information content (AvgIpc) is 2.70. The van der Waals surface area contributed by atoms with E-state index in [1.807, 2.05) is 24.1 Å². The van der Waals surface area contributed by atoms with Crippen LogP contribution in [-0.4, -0.2) is 61.5 Å². The summed E-state index contributed by atoms with van der Waals surface area (Å²) >= 11 is 0. The van der Waals surface area contributed by atoms with Crippen LogP contribution in [0.5, 0.6) is 0 Å². The van der Waals surface area contributed by atoms with Crippen LogP contribution in [0.2, 0.25) is 0 Å². The lowest BCUT2D eigenvalue weighted by atomic mass is 9.93. The maximum Gasteiger partial charge on any atom is 0.318 e. The number of carbonyl (C=O) groups excluding carboxylic acids is 2. The third-order valence-electron chi connectivity index (χ3n) is 5.58. The molecule has 6 nitrogen and oxygen atoms in total. The van der Waals surface area contributed by atoms with E-state index >= 15 is 0 Å². The van der Waals surface area contributed by atoms with Gasteiger partial charge in [0.15, 0.2) is 0 Å². The Morgan fingerprint density at radius 3 is 2.48 bits per heavy atom. The number of rotatable bonds is 5. The number of nitrogens with one attached hydrogen (secondary N) is 2. The van der Waals surface area contributed by atoms with Crippen LogP contribution in [0.15, 0.2) is 24.3 Å². The molecule has 3 amide bonds. The van der Waals surface area contributed by atoms with Crippen LogP contribution in [0.25, 0.3) is 0 Å². The zero-order valence-electron chi connectivity index (χ0n) is 16.1. The van der Waals surface area contributed by atoms with Crippen LogP contribution in [-0.2, 0) is 17.8 Å². The van der Waals surface area contributed by atoms with Gasteiger partial charge in [0, 0.05) is 26.2 Å². The molecule has 1 aromatic carbocycles. The lowest BCUT2D eigenvalue weighted by molar-refractivity contribution is -0.131. The summed E-state index contributed by atoms with van der Waals surface area (Å²) in [5.74, 6) is 0.734. The van der Waals surface area contributed by atoms with Crippen molar-refractivity contribution < 1.29 is 9.59 Å². The van der Waals surface area contributed by atoms with E-state index in [9.17, 15) is 9.59 Å². The van der Waals surface area contributed by atoms with Crippen LogP contribution >= 0.6 is 12.4 Å².